The molecule has 1 aliphatic rings. The number of hydrogen-bond acceptors (Lipinski definition) is 3. The second kappa shape index (κ2) is 15.5. The van der Waals surface area contributed by atoms with Crippen LogP contribution in [0.5, 0.6) is 0 Å². The highest BCUT2D eigenvalue weighted by atomic mass is 16.3. The average molecular weight is 467 g/mol. The number of hydrogen-bond donors (Lipinski definition) is 1. The van der Waals surface area contributed by atoms with E-state index in [2.05, 4.69) is 43.0 Å². The molecule has 0 bridgehead atoms. The quantitative estimate of drug-likeness (QED) is 0.239. The summed E-state index contributed by atoms with van der Waals surface area (Å²) in [4.78, 5) is 7.45. The van der Waals surface area contributed by atoms with Crippen LogP contribution in [0.1, 0.15) is 127 Å². The second-order valence-corrected chi connectivity index (χ2v) is 10.6. The molecular formula is C31H50N2O. The van der Waals surface area contributed by atoms with Gasteiger partial charge in [0, 0.05) is 17.6 Å². The van der Waals surface area contributed by atoms with Crippen LogP contribution in [0.2, 0.25) is 0 Å². The Morgan fingerprint density at radius 1 is 0.794 bits per heavy atom. The van der Waals surface area contributed by atoms with E-state index in [9.17, 15) is 5.11 Å². The molecule has 0 radical (unpaired) electrons. The topological polar surface area (TPSA) is 36.4 Å². The molecule has 190 valence electrons. The van der Waals surface area contributed by atoms with E-state index in [1.165, 1.54) is 107 Å². The lowest BCUT2D eigenvalue weighted by Crippen LogP contribution is -2.31. The van der Waals surface area contributed by atoms with E-state index in [4.69, 9.17) is 4.98 Å². The molecule has 3 heteroatoms. The summed E-state index contributed by atoms with van der Waals surface area (Å²) in [6.45, 7) is 7.53. The molecule has 0 spiro atoms. The number of rotatable bonds is 17. The maximum Gasteiger partial charge on any atom is 0.0917 e. The number of aromatic nitrogens is 1. The van der Waals surface area contributed by atoms with E-state index >= 15 is 0 Å². The molecule has 1 aliphatic carbocycles. The number of aliphatic hydroxyl groups excluding tert-OH is 1. The fraction of sp³-hybridized carbons (Fsp3) is 0.710. The molecule has 0 amide bonds. The Morgan fingerprint density at radius 3 is 2.09 bits per heavy atom. The minimum atomic E-state index is -0.430. The summed E-state index contributed by atoms with van der Waals surface area (Å²) < 4.78 is 0. The van der Waals surface area contributed by atoms with Crippen LogP contribution in [0.25, 0.3) is 10.9 Å². The lowest BCUT2D eigenvalue weighted by atomic mass is 9.94. The van der Waals surface area contributed by atoms with E-state index in [0.29, 0.717) is 0 Å². The Labute approximate surface area is 209 Å². The summed E-state index contributed by atoms with van der Waals surface area (Å²) in [5.41, 5.74) is 4.82. The van der Waals surface area contributed by atoms with Gasteiger partial charge in [-0.05, 0) is 80.9 Å². The first-order chi connectivity index (χ1) is 16.7. The molecule has 0 saturated heterocycles. The van der Waals surface area contributed by atoms with Crippen LogP contribution in [-0.2, 0) is 12.8 Å². The third kappa shape index (κ3) is 8.96. The number of aliphatic hydroxyl groups is 1. The molecule has 3 rings (SSSR count). The van der Waals surface area contributed by atoms with Gasteiger partial charge in [-0.25, -0.2) is 0 Å². The lowest BCUT2D eigenvalue weighted by Gasteiger charge is -2.26. The first-order valence-electron chi connectivity index (χ1n) is 14.5. The summed E-state index contributed by atoms with van der Waals surface area (Å²) in [6, 6.07) is 8.74. The lowest BCUT2D eigenvalue weighted by molar-refractivity contribution is 0.110. The molecule has 1 N–H and O–H groups in total. The van der Waals surface area contributed by atoms with Gasteiger partial charge >= 0.3 is 0 Å². The van der Waals surface area contributed by atoms with Crippen molar-refractivity contribution in [2.24, 2.45) is 0 Å². The van der Waals surface area contributed by atoms with E-state index in [1.807, 2.05) is 0 Å². The van der Waals surface area contributed by atoms with Crippen molar-refractivity contribution in [2.45, 2.75) is 123 Å². The fourth-order valence-electron chi connectivity index (χ4n) is 5.40. The van der Waals surface area contributed by atoms with E-state index < -0.39 is 6.10 Å². The Balaban J connectivity index is 1.56. The minimum Gasteiger partial charge on any atom is -0.387 e. The van der Waals surface area contributed by atoms with Crippen molar-refractivity contribution in [2.75, 3.05) is 19.6 Å². The first kappa shape index (κ1) is 27.1. The highest BCUT2D eigenvalue weighted by Gasteiger charge is 2.16. The molecule has 1 aromatic heterocycles. The van der Waals surface area contributed by atoms with Gasteiger partial charge < -0.3 is 10.0 Å². The Kier molecular flexibility index (Phi) is 12.4. The van der Waals surface area contributed by atoms with Gasteiger partial charge in [-0.3, -0.25) is 4.98 Å². The molecule has 1 unspecified atom stereocenters. The third-order valence-corrected chi connectivity index (χ3v) is 7.59. The normalized spacial score (nSPS) is 14.6. The maximum atomic E-state index is 11.2. The van der Waals surface area contributed by atoms with Gasteiger partial charge in [-0.15, -0.1) is 0 Å². The predicted octanol–water partition coefficient (Wildman–Crippen LogP) is 8.17. The van der Waals surface area contributed by atoms with Crippen molar-refractivity contribution < 1.29 is 5.11 Å². The molecule has 3 nitrogen and oxygen atoms in total. The largest absolute Gasteiger partial charge is 0.387 e. The predicted molar refractivity (Wildman–Crippen MR) is 147 cm³/mol. The monoisotopic (exact) mass is 466 g/mol. The molecule has 0 aliphatic heterocycles. The molecule has 0 fully saturated rings. The molecule has 0 saturated carbocycles. The van der Waals surface area contributed by atoms with Crippen LogP contribution >= 0.6 is 0 Å². The van der Waals surface area contributed by atoms with Crippen LogP contribution < -0.4 is 0 Å². The zero-order valence-corrected chi connectivity index (χ0v) is 22.2. The highest BCUT2D eigenvalue weighted by molar-refractivity contribution is 5.80. The van der Waals surface area contributed by atoms with Gasteiger partial charge in [0.1, 0.15) is 0 Å². The van der Waals surface area contributed by atoms with E-state index in [-0.39, 0.29) is 0 Å². The van der Waals surface area contributed by atoms with Crippen molar-refractivity contribution in [3.63, 3.8) is 0 Å². The summed E-state index contributed by atoms with van der Waals surface area (Å²) in [5, 5.41) is 12.4. The molecule has 2 aromatic rings. The molecule has 1 atom stereocenters. The second-order valence-electron chi connectivity index (χ2n) is 10.6. The maximum absolute atomic E-state index is 11.2. The van der Waals surface area contributed by atoms with Crippen LogP contribution in [0.15, 0.2) is 24.3 Å². The van der Waals surface area contributed by atoms with Gasteiger partial charge in [0.25, 0.3) is 0 Å². The Bertz CT molecular complexity index is 818. The van der Waals surface area contributed by atoms with E-state index in [1.54, 1.807) is 0 Å². The van der Waals surface area contributed by atoms with Crippen LogP contribution in [-0.4, -0.2) is 34.6 Å². The smallest absolute Gasteiger partial charge is 0.0917 e. The standard InChI is InChI=1S/C31H50N2O/c1-3-5-7-9-11-15-21-33(22-16-12-10-8-6-4-2)25-31(34)27-19-20-30-28(24-27)23-26-17-13-14-18-29(26)32-30/h19-20,23-24,31,34H,3-18,21-22,25H2,1-2H3. The molecule has 1 aromatic carbocycles. The third-order valence-electron chi connectivity index (χ3n) is 7.59. The van der Waals surface area contributed by atoms with Crippen molar-refractivity contribution >= 4 is 10.9 Å². The Hall–Kier alpha value is -1.45. The fourth-order valence-corrected chi connectivity index (χ4v) is 5.40. The first-order valence-corrected chi connectivity index (χ1v) is 14.5. The van der Waals surface area contributed by atoms with Gasteiger partial charge in [0.15, 0.2) is 0 Å². The number of pyridine rings is 1. The van der Waals surface area contributed by atoms with Crippen LogP contribution in [0.3, 0.4) is 0 Å². The van der Waals surface area contributed by atoms with Crippen molar-refractivity contribution in [3.8, 4) is 0 Å². The van der Waals surface area contributed by atoms with Crippen LogP contribution in [0.4, 0.5) is 0 Å². The summed E-state index contributed by atoms with van der Waals surface area (Å²) in [6.07, 6.45) is 20.3. The van der Waals surface area contributed by atoms with Gasteiger partial charge in [-0.2, -0.15) is 0 Å². The zero-order chi connectivity index (χ0) is 24.0. The molecular weight excluding hydrogens is 416 g/mol. The number of nitrogens with zero attached hydrogens (tertiary/aromatic N) is 2. The SMILES string of the molecule is CCCCCCCCN(CCCCCCCC)CC(O)c1ccc2nc3c(cc2c1)CCCC3. The van der Waals surface area contributed by atoms with Crippen LogP contribution in [0, 0.1) is 0 Å². The average Bonchev–Trinajstić information content (AvgIpc) is 2.86. The number of benzene rings is 1. The van der Waals surface area contributed by atoms with Crippen molar-refractivity contribution in [1.29, 1.82) is 0 Å². The summed E-state index contributed by atoms with van der Waals surface area (Å²) in [7, 11) is 0. The van der Waals surface area contributed by atoms with Crippen molar-refractivity contribution in [1.82, 2.24) is 9.88 Å². The summed E-state index contributed by atoms with van der Waals surface area (Å²) >= 11 is 0. The summed E-state index contributed by atoms with van der Waals surface area (Å²) in [5.74, 6) is 0. The highest BCUT2D eigenvalue weighted by Crippen LogP contribution is 2.26. The van der Waals surface area contributed by atoms with Crippen molar-refractivity contribution in [3.05, 3.63) is 41.1 Å². The number of fused-ring (bicyclic) bond motifs is 2. The Morgan fingerprint density at radius 2 is 1.41 bits per heavy atom. The van der Waals surface area contributed by atoms with E-state index in [0.717, 1.165) is 43.6 Å². The van der Waals surface area contributed by atoms with Gasteiger partial charge in [0.05, 0.1) is 11.6 Å². The zero-order valence-electron chi connectivity index (χ0n) is 22.2. The number of unbranched alkanes of at least 4 members (excludes halogenated alkanes) is 10. The molecule has 1 heterocycles. The molecule has 34 heavy (non-hydrogen) atoms. The number of aryl methyl sites for hydroxylation is 2. The minimum absolute atomic E-state index is 0.430. The van der Waals surface area contributed by atoms with Gasteiger partial charge in [-0.1, -0.05) is 84.1 Å². The van der Waals surface area contributed by atoms with Gasteiger partial charge in [0.2, 0.25) is 0 Å².